The van der Waals surface area contributed by atoms with Gasteiger partial charge < -0.3 is 0 Å². The lowest BCUT2D eigenvalue weighted by Gasteiger charge is -2.09. The second-order valence-corrected chi connectivity index (χ2v) is 3.57. The number of halogens is 1. The third kappa shape index (κ3) is 7.06. The Morgan fingerprint density at radius 1 is 1.31 bits per heavy atom. The van der Waals surface area contributed by atoms with E-state index in [0.717, 1.165) is 0 Å². The highest BCUT2D eigenvalue weighted by Crippen LogP contribution is 2.15. The van der Waals surface area contributed by atoms with Crippen LogP contribution in [0.1, 0.15) is 47.5 Å². The van der Waals surface area contributed by atoms with Crippen molar-refractivity contribution in [1.29, 1.82) is 0 Å². The first kappa shape index (κ1) is 15.4. The molecule has 78 valence electrons. The Morgan fingerprint density at radius 2 is 1.85 bits per heavy atom. The van der Waals surface area contributed by atoms with Gasteiger partial charge in [-0.25, -0.2) is 0 Å². The molecule has 1 unspecified atom stereocenters. The van der Waals surface area contributed by atoms with Crippen LogP contribution < -0.4 is 0 Å². The van der Waals surface area contributed by atoms with Crippen LogP contribution in [0, 0.1) is 5.92 Å². The Labute approximate surface area is 93.9 Å². The fraction of sp³-hybridized carbons (Fsp3) is 0.667. The summed E-state index contributed by atoms with van der Waals surface area (Å²) in [5.41, 5.74) is 3.00. The van der Waals surface area contributed by atoms with Crippen LogP contribution in [0.4, 0.5) is 0 Å². The summed E-state index contributed by atoms with van der Waals surface area (Å²) in [6.45, 7) is 11.0. The first-order chi connectivity index (χ1) is 5.61. The zero-order valence-corrected chi connectivity index (χ0v) is 11.3. The molecule has 0 N–H and O–H groups in total. The zero-order valence-electron chi connectivity index (χ0n) is 9.55. The Hall–Kier alpha value is -0.0400. The van der Waals surface area contributed by atoms with Gasteiger partial charge >= 0.3 is 0 Å². The lowest BCUT2D eigenvalue weighted by Crippen LogP contribution is -1.94. The van der Waals surface area contributed by atoms with E-state index >= 15 is 0 Å². The van der Waals surface area contributed by atoms with Crippen molar-refractivity contribution in [1.82, 2.24) is 0 Å². The van der Waals surface area contributed by atoms with Gasteiger partial charge in [-0.3, -0.25) is 0 Å². The Kier molecular flexibility index (Phi) is 10.2. The van der Waals surface area contributed by atoms with Crippen LogP contribution in [0.5, 0.6) is 0 Å². The van der Waals surface area contributed by atoms with Crippen molar-refractivity contribution in [2.75, 3.05) is 0 Å². The third-order valence-electron chi connectivity index (χ3n) is 2.61. The van der Waals surface area contributed by atoms with Gasteiger partial charge in [0.1, 0.15) is 0 Å². The zero-order chi connectivity index (χ0) is 9.56. The maximum absolute atomic E-state index is 2.36. The molecule has 0 aromatic heterocycles. The summed E-state index contributed by atoms with van der Waals surface area (Å²) in [6.07, 6.45) is 6.94. The first-order valence-corrected chi connectivity index (χ1v) is 4.90. The molecule has 0 saturated heterocycles. The summed E-state index contributed by atoms with van der Waals surface area (Å²) in [6, 6.07) is 0. The number of hydrogen-bond acceptors (Lipinski definition) is 0. The summed E-state index contributed by atoms with van der Waals surface area (Å²) < 4.78 is 0. The van der Waals surface area contributed by atoms with Crippen molar-refractivity contribution in [2.45, 2.75) is 47.5 Å². The summed E-state index contributed by atoms with van der Waals surface area (Å²) in [5.74, 6) is 0.705. The molecule has 0 radical (unpaired) electrons. The van der Waals surface area contributed by atoms with Gasteiger partial charge in [0.2, 0.25) is 0 Å². The maximum Gasteiger partial charge on any atom is -0.0200 e. The Balaban J connectivity index is 0. The second kappa shape index (κ2) is 8.55. The normalized spacial score (nSPS) is 15.2. The van der Waals surface area contributed by atoms with Gasteiger partial charge in [0, 0.05) is 0 Å². The molecular formula is C12H23Br. The van der Waals surface area contributed by atoms with E-state index in [2.05, 4.69) is 46.8 Å². The maximum atomic E-state index is 2.36. The first-order valence-electron chi connectivity index (χ1n) is 4.90. The average Bonchev–Trinajstić information content (AvgIpc) is 2.11. The van der Waals surface area contributed by atoms with Crippen molar-refractivity contribution >= 4 is 17.0 Å². The molecule has 0 rings (SSSR count). The van der Waals surface area contributed by atoms with E-state index in [1.54, 1.807) is 0 Å². The number of rotatable bonds is 4. The van der Waals surface area contributed by atoms with Crippen LogP contribution in [-0.2, 0) is 0 Å². The van der Waals surface area contributed by atoms with E-state index in [1.807, 2.05) is 0 Å². The molecule has 0 aromatic carbocycles. The molecule has 0 saturated carbocycles. The number of hydrogen-bond donors (Lipinski definition) is 0. The van der Waals surface area contributed by atoms with Crippen LogP contribution in [0.2, 0.25) is 0 Å². The monoisotopic (exact) mass is 246 g/mol. The molecule has 0 fully saturated rings. The second-order valence-electron chi connectivity index (χ2n) is 3.57. The molecule has 1 heteroatoms. The molecule has 0 aliphatic carbocycles. The molecular weight excluding hydrogens is 224 g/mol. The van der Waals surface area contributed by atoms with Crippen LogP contribution in [0.3, 0.4) is 0 Å². The summed E-state index contributed by atoms with van der Waals surface area (Å²) in [5, 5.41) is 0. The third-order valence-corrected chi connectivity index (χ3v) is 2.61. The molecule has 0 amide bonds. The average molecular weight is 247 g/mol. The number of allylic oxidation sites excluding steroid dienone is 4. The predicted octanol–water partition coefficient (Wildman–Crippen LogP) is 4.91. The minimum atomic E-state index is 0. The Bertz CT molecular complexity index is 178. The molecule has 0 nitrogen and oxygen atoms in total. The lowest BCUT2D eigenvalue weighted by molar-refractivity contribution is 0.689. The molecule has 0 aromatic rings. The van der Waals surface area contributed by atoms with Gasteiger partial charge in [-0.1, -0.05) is 37.1 Å². The van der Waals surface area contributed by atoms with Gasteiger partial charge in [0.15, 0.2) is 0 Å². The van der Waals surface area contributed by atoms with Crippen LogP contribution in [-0.4, -0.2) is 0 Å². The summed E-state index contributed by atoms with van der Waals surface area (Å²) >= 11 is 0. The van der Waals surface area contributed by atoms with E-state index in [0.29, 0.717) is 5.92 Å². The Morgan fingerprint density at radius 3 is 2.23 bits per heavy atom. The molecule has 0 spiro atoms. The topological polar surface area (TPSA) is 0 Å². The van der Waals surface area contributed by atoms with Crippen molar-refractivity contribution in [3.8, 4) is 0 Å². The molecule has 13 heavy (non-hydrogen) atoms. The predicted molar refractivity (Wildman–Crippen MR) is 67.6 cm³/mol. The van der Waals surface area contributed by atoms with Gasteiger partial charge in [-0.05, 0) is 39.5 Å². The van der Waals surface area contributed by atoms with E-state index in [9.17, 15) is 0 Å². The highest BCUT2D eigenvalue weighted by molar-refractivity contribution is 8.93. The molecule has 0 aliphatic rings. The largest absolute Gasteiger partial charge is 0.114 e. The summed E-state index contributed by atoms with van der Waals surface area (Å²) in [4.78, 5) is 0. The van der Waals surface area contributed by atoms with Crippen LogP contribution in [0.25, 0.3) is 0 Å². The molecule has 0 bridgehead atoms. The minimum Gasteiger partial charge on any atom is -0.114 e. The van der Waals surface area contributed by atoms with Crippen molar-refractivity contribution in [3.05, 3.63) is 23.3 Å². The highest BCUT2D eigenvalue weighted by atomic mass is 79.9. The van der Waals surface area contributed by atoms with Gasteiger partial charge in [0.25, 0.3) is 0 Å². The van der Waals surface area contributed by atoms with Crippen LogP contribution >= 0.6 is 17.0 Å². The summed E-state index contributed by atoms with van der Waals surface area (Å²) in [7, 11) is 0. The fourth-order valence-corrected chi connectivity index (χ4v) is 0.993. The van der Waals surface area contributed by atoms with Gasteiger partial charge in [-0.15, -0.1) is 17.0 Å². The van der Waals surface area contributed by atoms with E-state index in [-0.39, 0.29) is 17.0 Å². The fourth-order valence-electron chi connectivity index (χ4n) is 0.993. The standard InChI is InChI=1S/C12H22.BrH/c1-6-10(3)8-9-12(5)11(4)7-2;/h7-8,12H,6,9H2,1-5H3;1H. The van der Waals surface area contributed by atoms with Crippen molar-refractivity contribution in [3.63, 3.8) is 0 Å². The SMILES string of the molecule is Br.CC=C(C)C(C)CC=C(C)CC. The van der Waals surface area contributed by atoms with Gasteiger partial charge in [0.05, 0.1) is 0 Å². The van der Waals surface area contributed by atoms with Crippen molar-refractivity contribution < 1.29 is 0 Å². The van der Waals surface area contributed by atoms with Crippen LogP contribution in [0.15, 0.2) is 23.3 Å². The quantitative estimate of drug-likeness (QED) is 0.619. The van der Waals surface area contributed by atoms with E-state index in [4.69, 9.17) is 0 Å². The van der Waals surface area contributed by atoms with Gasteiger partial charge in [-0.2, -0.15) is 0 Å². The molecule has 1 atom stereocenters. The molecule has 0 heterocycles. The lowest BCUT2D eigenvalue weighted by atomic mass is 9.97. The van der Waals surface area contributed by atoms with Crippen molar-refractivity contribution in [2.24, 2.45) is 5.92 Å². The highest BCUT2D eigenvalue weighted by Gasteiger charge is 2.00. The van der Waals surface area contributed by atoms with E-state index < -0.39 is 0 Å². The minimum absolute atomic E-state index is 0. The molecule has 0 aliphatic heterocycles. The van der Waals surface area contributed by atoms with E-state index in [1.165, 1.54) is 24.0 Å². The smallest absolute Gasteiger partial charge is 0.0200 e.